The Labute approximate surface area is 210 Å². The smallest absolute Gasteiger partial charge is 0.256 e. The summed E-state index contributed by atoms with van der Waals surface area (Å²) in [6.07, 6.45) is 9.11. The molecule has 1 atom stereocenters. The van der Waals surface area contributed by atoms with Crippen LogP contribution in [0.4, 0.5) is 11.6 Å². The highest BCUT2D eigenvalue weighted by Gasteiger charge is 2.33. The first kappa shape index (κ1) is 23.9. The third-order valence-corrected chi connectivity index (χ3v) is 6.70. The molecule has 1 fully saturated rings. The molecule has 1 aliphatic heterocycles. The molecule has 0 bridgehead atoms. The van der Waals surface area contributed by atoms with Crippen LogP contribution in [0.2, 0.25) is 0 Å². The molecule has 3 N–H and O–H groups in total. The minimum absolute atomic E-state index is 0.201. The van der Waals surface area contributed by atoms with Gasteiger partial charge in [-0.3, -0.25) is 9.20 Å². The summed E-state index contributed by atoms with van der Waals surface area (Å²) in [7, 11) is 0. The number of nitrogen functional groups attached to an aromatic ring is 1. The van der Waals surface area contributed by atoms with Gasteiger partial charge in [0.2, 0.25) is 0 Å². The van der Waals surface area contributed by atoms with Crippen molar-refractivity contribution < 1.29 is 9.53 Å². The van der Waals surface area contributed by atoms with E-state index in [1.807, 2.05) is 30.5 Å². The number of fused-ring (bicyclic) bond motifs is 1. The molecule has 8 heteroatoms. The molecular formula is C28H32N6O2. The quantitative estimate of drug-likeness (QED) is 0.387. The first-order valence-corrected chi connectivity index (χ1v) is 12.5. The topological polar surface area (TPSA) is 107 Å². The fraction of sp³-hybridized carbons (Fsp3) is 0.357. The lowest BCUT2D eigenvalue weighted by Crippen LogP contribution is -2.33. The van der Waals surface area contributed by atoms with E-state index in [4.69, 9.17) is 15.5 Å². The summed E-state index contributed by atoms with van der Waals surface area (Å²) in [5, 5.41) is 2.90. The largest absolute Gasteiger partial charge is 0.382 e. The van der Waals surface area contributed by atoms with Crippen LogP contribution < -0.4 is 11.1 Å². The van der Waals surface area contributed by atoms with Crippen LogP contribution in [0.3, 0.4) is 0 Å². The van der Waals surface area contributed by atoms with Gasteiger partial charge < -0.3 is 15.8 Å². The molecule has 1 amide bonds. The van der Waals surface area contributed by atoms with Gasteiger partial charge in [-0.2, -0.15) is 0 Å². The molecule has 4 aromatic rings. The molecule has 0 aliphatic carbocycles. The van der Waals surface area contributed by atoms with E-state index < -0.39 is 0 Å². The molecule has 5 rings (SSSR count). The van der Waals surface area contributed by atoms with E-state index in [-0.39, 0.29) is 17.4 Å². The molecule has 3 aromatic heterocycles. The van der Waals surface area contributed by atoms with Gasteiger partial charge in [-0.25, -0.2) is 15.0 Å². The van der Waals surface area contributed by atoms with E-state index in [1.165, 1.54) is 0 Å². The predicted octanol–water partition coefficient (Wildman–Crippen LogP) is 5.25. The lowest BCUT2D eigenvalue weighted by molar-refractivity contribution is -0.0603. The van der Waals surface area contributed by atoms with E-state index in [1.54, 1.807) is 24.5 Å². The second kappa shape index (κ2) is 9.70. The highest BCUT2D eigenvalue weighted by atomic mass is 16.5. The van der Waals surface area contributed by atoms with Gasteiger partial charge in [-0.15, -0.1) is 0 Å². The van der Waals surface area contributed by atoms with Crippen molar-refractivity contribution in [3.63, 3.8) is 0 Å². The molecule has 4 heterocycles. The standard InChI is InChI=1S/C28H32N6O2/c1-4-5-18-10-12-30-22(16-18)32-27(35)20-8-6-19(7-9-20)23-24-25(29)31-13-14-34(24)26(33-23)21-11-15-36-28(2,3)17-21/h6-10,12-14,16,21H,4-5,11,15,17H2,1-3H3,(H2,29,31)(H,30,32,35). The number of nitrogens with zero attached hydrogens (tertiary/aromatic N) is 4. The van der Waals surface area contributed by atoms with Crippen LogP contribution in [0.5, 0.6) is 0 Å². The number of anilines is 2. The van der Waals surface area contributed by atoms with Crippen molar-refractivity contribution in [2.75, 3.05) is 17.7 Å². The lowest BCUT2D eigenvalue weighted by Gasteiger charge is -2.34. The van der Waals surface area contributed by atoms with Crippen LogP contribution in [-0.4, -0.2) is 37.5 Å². The molecular weight excluding hydrogens is 452 g/mol. The number of carbonyl (C=O) groups is 1. The molecule has 186 valence electrons. The maximum Gasteiger partial charge on any atom is 0.256 e. The molecule has 1 unspecified atom stereocenters. The number of amides is 1. The Morgan fingerprint density at radius 2 is 2.00 bits per heavy atom. The summed E-state index contributed by atoms with van der Waals surface area (Å²) < 4.78 is 7.98. The third kappa shape index (κ3) is 4.81. The van der Waals surface area contributed by atoms with E-state index in [0.717, 1.165) is 53.8 Å². The van der Waals surface area contributed by atoms with Gasteiger partial charge in [0.15, 0.2) is 0 Å². The third-order valence-electron chi connectivity index (χ3n) is 6.70. The van der Waals surface area contributed by atoms with Gasteiger partial charge in [0.05, 0.1) is 5.60 Å². The van der Waals surface area contributed by atoms with Crippen molar-refractivity contribution in [1.82, 2.24) is 19.4 Å². The Balaban J connectivity index is 1.44. The highest BCUT2D eigenvalue weighted by Crippen LogP contribution is 2.38. The van der Waals surface area contributed by atoms with Gasteiger partial charge in [-0.1, -0.05) is 25.5 Å². The average molecular weight is 485 g/mol. The number of carbonyl (C=O) groups excluding carboxylic acids is 1. The maximum absolute atomic E-state index is 12.9. The second-order valence-electron chi connectivity index (χ2n) is 9.98. The summed E-state index contributed by atoms with van der Waals surface area (Å²) in [5.41, 5.74) is 10.2. The number of aryl methyl sites for hydroxylation is 1. The predicted molar refractivity (Wildman–Crippen MR) is 141 cm³/mol. The molecule has 1 aromatic carbocycles. The summed E-state index contributed by atoms with van der Waals surface area (Å²) in [5.74, 6) is 1.99. The monoisotopic (exact) mass is 484 g/mol. The summed E-state index contributed by atoms with van der Waals surface area (Å²) in [6, 6.07) is 11.3. The molecule has 0 saturated carbocycles. The Morgan fingerprint density at radius 1 is 1.19 bits per heavy atom. The minimum Gasteiger partial charge on any atom is -0.382 e. The molecule has 1 aliphatic rings. The molecule has 0 radical (unpaired) electrons. The zero-order chi connectivity index (χ0) is 25.3. The van der Waals surface area contributed by atoms with Crippen LogP contribution in [0.25, 0.3) is 16.8 Å². The van der Waals surface area contributed by atoms with Gasteiger partial charge in [-0.05, 0) is 62.9 Å². The van der Waals surface area contributed by atoms with Crippen LogP contribution >= 0.6 is 0 Å². The highest BCUT2D eigenvalue weighted by molar-refractivity contribution is 6.04. The Kier molecular flexibility index (Phi) is 6.45. The summed E-state index contributed by atoms with van der Waals surface area (Å²) in [4.78, 5) is 26.5. The fourth-order valence-electron chi connectivity index (χ4n) is 4.98. The lowest BCUT2D eigenvalue weighted by atomic mass is 9.88. The normalized spacial score (nSPS) is 17.2. The van der Waals surface area contributed by atoms with E-state index in [0.29, 0.717) is 23.8 Å². The molecule has 0 spiro atoms. The van der Waals surface area contributed by atoms with E-state index in [9.17, 15) is 4.79 Å². The van der Waals surface area contributed by atoms with Crippen molar-refractivity contribution in [3.8, 4) is 11.3 Å². The molecule has 36 heavy (non-hydrogen) atoms. The summed E-state index contributed by atoms with van der Waals surface area (Å²) >= 11 is 0. The molecule has 8 nitrogen and oxygen atoms in total. The van der Waals surface area contributed by atoms with Crippen molar-refractivity contribution in [2.24, 2.45) is 0 Å². The molecule has 1 saturated heterocycles. The van der Waals surface area contributed by atoms with Crippen molar-refractivity contribution in [1.29, 1.82) is 0 Å². The van der Waals surface area contributed by atoms with Crippen LogP contribution in [0, 0.1) is 0 Å². The minimum atomic E-state index is -0.205. The average Bonchev–Trinajstić information content (AvgIpc) is 3.25. The second-order valence-corrected chi connectivity index (χ2v) is 9.98. The van der Waals surface area contributed by atoms with E-state index in [2.05, 4.69) is 40.5 Å². The summed E-state index contributed by atoms with van der Waals surface area (Å²) in [6.45, 7) is 7.05. The number of benzene rings is 1. The zero-order valence-corrected chi connectivity index (χ0v) is 21.0. The number of ether oxygens (including phenoxy) is 1. The Hall–Kier alpha value is -3.78. The maximum atomic E-state index is 12.9. The fourth-order valence-corrected chi connectivity index (χ4v) is 4.98. The number of aromatic nitrogens is 4. The number of pyridine rings is 1. The van der Waals surface area contributed by atoms with Crippen LogP contribution in [0.1, 0.15) is 67.7 Å². The van der Waals surface area contributed by atoms with Gasteiger partial charge in [0, 0.05) is 42.2 Å². The Bertz CT molecular complexity index is 1390. The number of nitrogens with one attached hydrogen (secondary N) is 1. The van der Waals surface area contributed by atoms with Crippen molar-refractivity contribution in [2.45, 2.75) is 58.0 Å². The zero-order valence-electron chi connectivity index (χ0n) is 21.0. The number of rotatable bonds is 6. The number of imidazole rings is 1. The number of nitrogens with two attached hydrogens (primary N) is 1. The first-order chi connectivity index (χ1) is 17.3. The van der Waals surface area contributed by atoms with E-state index >= 15 is 0 Å². The SMILES string of the molecule is CCCc1ccnc(NC(=O)c2ccc(-c3nc(C4CCOC(C)(C)C4)n4ccnc(N)c34)cc2)c1. The van der Waals surface area contributed by atoms with Gasteiger partial charge in [0.1, 0.15) is 28.7 Å². The van der Waals surface area contributed by atoms with Crippen LogP contribution in [0.15, 0.2) is 55.0 Å². The van der Waals surface area contributed by atoms with Crippen LogP contribution in [-0.2, 0) is 11.2 Å². The number of hydrogen-bond donors (Lipinski definition) is 2. The van der Waals surface area contributed by atoms with Crippen molar-refractivity contribution >= 4 is 23.1 Å². The number of hydrogen-bond acceptors (Lipinski definition) is 6. The first-order valence-electron chi connectivity index (χ1n) is 12.5. The van der Waals surface area contributed by atoms with Gasteiger partial charge >= 0.3 is 0 Å². The van der Waals surface area contributed by atoms with Gasteiger partial charge in [0.25, 0.3) is 5.91 Å². The van der Waals surface area contributed by atoms with Crippen molar-refractivity contribution in [3.05, 3.63) is 71.9 Å². The Morgan fingerprint density at radius 3 is 2.75 bits per heavy atom.